The molecule has 70 valence electrons. The third kappa shape index (κ3) is 2.25. The molecular weight excluding hydrogens is 160 g/mol. The summed E-state index contributed by atoms with van der Waals surface area (Å²) in [5.41, 5.74) is 2.30. The van der Waals surface area contributed by atoms with E-state index in [1.165, 1.54) is 0 Å². The van der Waals surface area contributed by atoms with Crippen LogP contribution in [0.5, 0.6) is 0 Å². The molecule has 0 aromatic heterocycles. The minimum Gasteiger partial charge on any atom is -0.384 e. The first kappa shape index (κ1) is 9.65. The van der Waals surface area contributed by atoms with Gasteiger partial charge in [0.05, 0.1) is 11.4 Å². The van der Waals surface area contributed by atoms with Gasteiger partial charge in [-0.1, -0.05) is 18.7 Å². The molecule has 0 fully saturated rings. The molecule has 1 aromatic carbocycles. The quantitative estimate of drug-likeness (QED) is 0.758. The number of benzene rings is 1. The summed E-state index contributed by atoms with van der Waals surface area (Å²) >= 11 is 0. The molecule has 2 heteroatoms. The predicted molar refractivity (Wildman–Crippen MR) is 59.2 cm³/mol. The van der Waals surface area contributed by atoms with Gasteiger partial charge >= 0.3 is 0 Å². The number of hydrogen-bond acceptors (Lipinski definition) is 2. The van der Waals surface area contributed by atoms with Crippen molar-refractivity contribution < 1.29 is 0 Å². The molecule has 1 N–H and O–H groups in total. The van der Waals surface area contributed by atoms with E-state index in [1.807, 2.05) is 24.1 Å². The van der Waals surface area contributed by atoms with Crippen molar-refractivity contribution in [1.82, 2.24) is 0 Å². The molecule has 0 atom stereocenters. The van der Waals surface area contributed by atoms with Crippen molar-refractivity contribution in [2.75, 3.05) is 23.8 Å². The Morgan fingerprint density at radius 2 is 2.15 bits per heavy atom. The van der Waals surface area contributed by atoms with Crippen LogP contribution in [0.25, 0.3) is 0 Å². The molecule has 0 radical (unpaired) electrons. The Bertz CT molecular complexity index is 281. The topological polar surface area (TPSA) is 15.3 Å². The van der Waals surface area contributed by atoms with Crippen molar-refractivity contribution in [1.29, 1.82) is 0 Å². The molecule has 0 amide bonds. The maximum Gasteiger partial charge on any atom is 0.0639 e. The monoisotopic (exact) mass is 176 g/mol. The number of para-hydroxylation sites is 2. The van der Waals surface area contributed by atoms with Crippen LogP contribution >= 0.6 is 0 Å². The maximum absolute atomic E-state index is 3.74. The molecule has 0 aliphatic carbocycles. The second-order valence-corrected chi connectivity index (χ2v) is 2.84. The normalized spacial score (nSPS) is 9.38. The first-order valence-electron chi connectivity index (χ1n) is 4.48. The molecule has 0 heterocycles. The minimum atomic E-state index is 0.933. The van der Waals surface area contributed by atoms with Gasteiger partial charge < -0.3 is 10.2 Å². The van der Waals surface area contributed by atoms with Gasteiger partial charge in [0.2, 0.25) is 0 Å². The van der Waals surface area contributed by atoms with E-state index >= 15 is 0 Å². The molecule has 0 saturated heterocycles. The van der Waals surface area contributed by atoms with Crippen molar-refractivity contribution >= 4 is 11.4 Å². The highest BCUT2D eigenvalue weighted by Crippen LogP contribution is 2.23. The van der Waals surface area contributed by atoms with E-state index in [9.17, 15) is 0 Å². The number of anilines is 2. The van der Waals surface area contributed by atoms with E-state index in [0.29, 0.717) is 0 Å². The summed E-state index contributed by atoms with van der Waals surface area (Å²) in [7, 11) is 1.99. The number of hydrogen-bond donors (Lipinski definition) is 1. The lowest BCUT2D eigenvalue weighted by Gasteiger charge is -2.18. The first-order chi connectivity index (χ1) is 6.29. The second-order valence-electron chi connectivity index (χ2n) is 2.84. The molecule has 0 aliphatic heterocycles. The zero-order chi connectivity index (χ0) is 9.68. The fraction of sp³-hybridized carbons (Fsp3) is 0.273. The van der Waals surface area contributed by atoms with Crippen LogP contribution in [0.3, 0.4) is 0 Å². The van der Waals surface area contributed by atoms with Crippen molar-refractivity contribution in [2.24, 2.45) is 0 Å². The Morgan fingerprint density at radius 1 is 1.46 bits per heavy atom. The molecule has 0 aliphatic rings. The summed E-state index contributed by atoms with van der Waals surface area (Å²) < 4.78 is 0. The van der Waals surface area contributed by atoms with Crippen LogP contribution in [0.4, 0.5) is 11.4 Å². The summed E-state index contributed by atoms with van der Waals surface area (Å²) in [6.07, 6.45) is 1.80. The van der Waals surface area contributed by atoms with Gasteiger partial charge in [-0.05, 0) is 25.3 Å². The Morgan fingerprint density at radius 3 is 2.77 bits per heavy atom. The lowest BCUT2D eigenvalue weighted by Crippen LogP contribution is -2.10. The highest BCUT2D eigenvalue weighted by atomic mass is 15.1. The lowest BCUT2D eigenvalue weighted by molar-refractivity contribution is 1.17. The fourth-order valence-corrected chi connectivity index (χ4v) is 1.22. The zero-order valence-corrected chi connectivity index (χ0v) is 8.25. The Labute approximate surface area is 79.9 Å². The standard InChI is InChI=1S/C11H16N2/c1-4-12-10-8-6-7-9-11(10)13(3)5-2/h5-9,12H,2,4H2,1,3H3. The van der Waals surface area contributed by atoms with E-state index in [1.54, 1.807) is 6.20 Å². The minimum absolute atomic E-state index is 0.933. The number of nitrogens with one attached hydrogen (secondary N) is 1. The van der Waals surface area contributed by atoms with E-state index < -0.39 is 0 Å². The maximum atomic E-state index is 3.74. The van der Waals surface area contributed by atoms with Crippen LogP contribution in [0.1, 0.15) is 6.92 Å². The summed E-state index contributed by atoms with van der Waals surface area (Å²) in [5, 5.41) is 3.30. The van der Waals surface area contributed by atoms with Gasteiger partial charge in [-0.3, -0.25) is 0 Å². The van der Waals surface area contributed by atoms with Crippen LogP contribution in [0.15, 0.2) is 37.0 Å². The third-order valence-electron chi connectivity index (χ3n) is 1.93. The van der Waals surface area contributed by atoms with Gasteiger partial charge in [-0.2, -0.15) is 0 Å². The molecule has 1 aromatic rings. The molecule has 13 heavy (non-hydrogen) atoms. The zero-order valence-electron chi connectivity index (χ0n) is 8.25. The van der Waals surface area contributed by atoms with Crippen molar-refractivity contribution in [2.45, 2.75) is 6.92 Å². The fourth-order valence-electron chi connectivity index (χ4n) is 1.22. The summed E-state index contributed by atoms with van der Waals surface area (Å²) in [4.78, 5) is 2.00. The first-order valence-corrected chi connectivity index (χ1v) is 4.48. The molecule has 0 bridgehead atoms. The Kier molecular flexibility index (Phi) is 3.38. The summed E-state index contributed by atoms with van der Waals surface area (Å²) in [5.74, 6) is 0. The van der Waals surface area contributed by atoms with Crippen LogP contribution in [-0.4, -0.2) is 13.6 Å². The summed E-state index contributed by atoms with van der Waals surface area (Å²) in [6.45, 7) is 6.76. The molecule has 0 saturated carbocycles. The van der Waals surface area contributed by atoms with Gasteiger partial charge in [0.25, 0.3) is 0 Å². The average Bonchev–Trinajstić information content (AvgIpc) is 2.18. The van der Waals surface area contributed by atoms with Gasteiger partial charge in [-0.15, -0.1) is 0 Å². The van der Waals surface area contributed by atoms with Gasteiger partial charge in [0.15, 0.2) is 0 Å². The lowest BCUT2D eigenvalue weighted by atomic mass is 10.2. The largest absolute Gasteiger partial charge is 0.384 e. The van der Waals surface area contributed by atoms with E-state index in [4.69, 9.17) is 0 Å². The van der Waals surface area contributed by atoms with Crippen LogP contribution in [0.2, 0.25) is 0 Å². The van der Waals surface area contributed by atoms with Crippen molar-refractivity contribution in [3.63, 3.8) is 0 Å². The van der Waals surface area contributed by atoms with Gasteiger partial charge in [-0.25, -0.2) is 0 Å². The molecule has 0 spiro atoms. The molecule has 0 unspecified atom stereocenters. The third-order valence-corrected chi connectivity index (χ3v) is 1.93. The smallest absolute Gasteiger partial charge is 0.0639 e. The van der Waals surface area contributed by atoms with Crippen LogP contribution < -0.4 is 10.2 Å². The number of rotatable bonds is 4. The highest BCUT2D eigenvalue weighted by molar-refractivity contribution is 5.70. The van der Waals surface area contributed by atoms with Gasteiger partial charge in [0, 0.05) is 13.6 Å². The molecule has 1 rings (SSSR count). The van der Waals surface area contributed by atoms with Crippen LogP contribution in [-0.2, 0) is 0 Å². The number of nitrogens with zero attached hydrogens (tertiary/aromatic N) is 1. The van der Waals surface area contributed by atoms with Crippen LogP contribution in [0, 0.1) is 0 Å². The Balaban J connectivity index is 2.96. The van der Waals surface area contributed by atoms with E-state index in [-0.39, 0.29) is 0 Å². The van der Waals surface area contributed by atoms with E-state index in [0.717, 1.165) is 17.9 Å². The SMILES string of the molecule is C=CN(C)c1ccccc1NCC. The van der Waals surface area contributed by atoms with Gasteiger partial charge in [0.1, 0.15) is 0 Å². The summed E-state index contributed by atoms with van der Waals surface area (Å²) in [6, 6.07) is 8.19. The van der Waals surface area contributed by atoms with Crippen molar-refractivity contribution in [3.05, 3.63) is 37.0 Å². The highest BCUT2D eigenvalue weighted by Gasteiger charge is 2.01. The second kappa shape index (κ2) is 4.55. The molecule has 2 nitrogen and oxygen atoms in total. The van der Waals surface area contributed by atoms with E-state index in [2.05, 4.69) is 31.0 Å². The Hall–Kier alpha value is -1.44. The van der Waals surface area contributed by atoms with Crippen molar-refractivity contribution in [3.8, 4) is 0 Å². The predicted octanol–water partition coefficient (Wildman–Crippen LogP) is 2.70. The average molecular weight is 176 g/mol. The molecular formula is C11H16N2.